The molecule has 0 aliphatic heterocycles. The highest BCUT2D eigenvalue weighted by molar-refractivity contribution is 5.24. The van der Waals surface area contributed by atoms with Gasteiger partial charge in [-0.05, 0) is 6.42 Å². The summed E-state index contributed by atoms with van der Waals surface area (Å²) in [6.07, 6.45) is -2.60. The smallest absolute Gasteiger partial charge is 0.307 e. The average molecular weight is 322 g/mol. The first kappa shape index (κ1) is 15.9. The van der Waals surface area contributed by atoms with Crippen molar-refractivity contribution in [1.29, 1.82) is 0 Å². The first-order valence-electron chi connectivity index (χ1n) is 6.06. The Morgan fingerprint density at radius 2 is 2.14 bits per heavy atom. The lowest BCUT2D eigenvalue weighted by Gasteiger charge is -2.16. The van der Waals surface area contributed by atoms with Crippen LogP contribution < -0.4 is 0 Å². The Kier molecular flexibility index (Phi) is 4.10. The van der Waals surface area contributed by atoms with Crippen molar-refractivity contribution in [3.8, 4) is 0 Å². The predicted octanol–water partition coefficient (Wildman–Crippen LogP) is 2.08. The largest absolute Gasteiger partial charge is 0.406 e. The number of hydrogen-bond donors (Lipinski definition) is 0. The topological polar surface area (TPSA) is 91.7 Å². The van der Waals surface area contributed by atoms with Crippen molar-refractivity contribution in [2.75, 3.05) is 0 Å². The van der Waals surface area contributed by atoms with Gasteiger partial charge < -0.3 is 4.57 Å². The van der Waals surface area contributed by atoms with Gasteiger partial charge in [-0.1, -0.05) is 6.92 Å². The molecule has 8 nitrogen and oxygen atoms in total. The highest BCUT2D eigenvalue weighted by atomic mass is 19.4. The van der Waals surface area contributed by atoms with E-state index in [1.165, 1.54) is 0 Å². The molecule has 0 amide bonds. The van der Waals surface area contributed by atoms with Crippen LogP contribution in [0.2, 0.25) is 0 Å². The van der Waals surface area contributed by atoms with Crippen LogP contribution in [0.5, 0.6) is 0 Å². The van der Waals surface area contributed by atoms with Crippen LogP contribution >= 0.6 is 0 Å². The molecule has 120 valence electrons. The van der Waals surface area contributed by atoms with E-state index in [0.717, 1.165) is 21.8 Å². The van der Waals surface area contributed by atoms with Gasteiger partial charge in [0.15, 0.2) is 5.82 Å². The van der Waals surface area contributed by atoms with Crippen molar-refractivity contribution in [3.05, 3.63) is 34.4 Å². The Hall–Kier alpha value is -2.53. The summed E-state index contributed by atoms with van der Waals surface area (Å²) in [6, 6.07) is -0.909. The van der Waals surface area contributed by atoms with Crippen LogP contribution in [0.4, 0.5) is 23.2 Å². The van der Waals surface area contributed by atoms with Gasteiger partial charge in [0.05, 0.1) is 4.92 Å². The summed E-state index contributed by atoms with van der Waals surface area (Å²) in [5.74, 6) is -1.43. The van der Waals surface area contributed by atoms with Crippen molar-refractivity contribution in [2.24, 2.45) is 0 Å². The first-order valence-corrected chi connectivity index (χ1v) is 6.06. The molecule has 0 saturated carbocycles. The predicted molar refractivity (Wildman–Crippen MR) is 63.3 cm³/mol. The van der Waals surface area contributed by atoms with E-state index in [4.69, 9.17) is 0 Å². The lowest BCUT2D eigenvalue weighted by atomic mass is 10.2. The summed E-state index contributed by atoms with van der Waals surface area (Å²) in [4.78, 5) is 9.65. The molecule has 2 aromatic rings. The van der Waals surface area contributed by atoms with Gasteiger partial charge in [-0.2, -0.15) is 17.6 Å². The summed E-state index contributed by atoms with van der Waals surface area (Å²) < 4.78 is 52.5. The Morgan fingerprint density at radius 3 is 2.64 bits per heavy atom. The van der Waals surface area contributed by atoms with E-state index in [2.05, 4.69) is 15.3 Å². The second-order valence-corrected chi connectivity index (χ2v) is 4.40. The number of aromatic nitrogens is 5. The van der Waals surface area contributed by atoms with Gasteiger partial charge in [0, 0.05) is 0 Å². The number of hydrogen-bond acceptors (Lipinski definition) is 5. The van der Waals surface area contributed by atoms with Crippen molar-refractivity contribution < 1.29 is 22.5 Å². The van der Waals surface area contributed by atoms with Crippen LogP contribution in [-0.4, -0.2) is 35.6 Å². The zero-order valence-corrected chi connectivity index (χ0v) is 11.2. The van der Waals surface area contributed by atoms with Gasteiger partial charge in [0.25, 0.3) is 0 Å². The number of alkyl halides is 3. The number of rotatable bonds is 5. The standard InChI is InChI=1S/C10H10F4N6O2/c1-2-6(19-3-7(20(21)22)8(11)17-19)9-16-15-5-18(9)4-10(12,13)14/h3,5-6H,2,4H2,1H3/t6-/m0/s1. The minimum Gasteiger partial charge on any atom is -0.307 e. The fourth-order valence-corrected chi connectivity index (χ4v) is 1.97. The molecule has 12 heteroatoms. The second kappa shape index (κ2) is 5.69. The molecule has 0 fully saturated rings. The normalized spacial score (nSPS) is 13.3. The third-order valence-electron chi connectivity index (χ3n) is 2.87. The summed E-state index contributed by atoms with van der Waals surface area (Å²) in [5.41, 5.74) is -0.861. The van der Waals surface area contributed by atoms with E-state index in [1.54, 1.807) is 6.92 Å². The second-order valence-electron chi connectivity index (χ2n) is 4.40. The molecule has 0 unspecified atom stereocenters. The molecule has 0 N–H and O–H groups in total. The van der Waals surface area contributed by atoms with Gasteiger partial charge in [-0.15, -0.1) is 15.3 Å². The lowest BCUT2D eigenvalue weighted by Crippen LogP contribution is -2.22. The van der Waals surface area contributed by atoms with E-state index >= 15 is 0 Å². The summed E-state index contributed by atoms with van der Waals surface area (Å²) in [7, 11) is 0. The Bertz CT molecular complexity index is 679. The minimum atomic E-state index is -4.49. The molecule has 2 rings (SSSR count). The molecule has 0 aromatic carbocycles. The maximum absolute atomic E-state index is 13.4. The maximum atomic E-state index is 13.4. The molecule has 22 heavy (non-hydrogen) atoms. The molecule has 0 radical (unpaired) electrons. The molecule has 1 atom stereocenters. The molecular weight excluding hydrogens is 312 g/mol. The number of halogens is 4. The number of nitrogens with zero attached hydrogens (tertiary/aromatic N) is 6. The molecule has 0 aliphatic rings. The first-order chi connectivity index (χ1) is 10.2. The van der Waals surface area contributed by atoms with Gasteiger partial charge >= 0.3 is 17.8 Å². The van der Waals surface area contributed by atoms with Crippen LogP contribution in [0.1, 0.15) is 25.2 Å². The SMILES string of the molecule is CC[C@@H](c1nncn1CC(F)(F)F)n1cc([N+](=O)[O-])c(F)n1. The van der Waals surface area contributed by atoms with Gasteiger partial charge in [-0.3, -0.25) is 14.8 Å². The van der Waals surface area contributed by atoms with Crippen LogP contribution in [-0.2, 0) is 6.54 Å². The molecular formula is C10H10F4N6O2. The highest BCUT2D eigenvalue weighted by Gasteiger charge is 2.32. The Labute approximate surface area is 120 Å². The molecule has 0 saturated heterocycles. The van der Waals surface area contributed by atoms with E-state index in [0.29, 0.717) is 0 Å². The van der Waals surface area contributed by atoms with Crippen LogP contribution in [0.3, 0.4) is 0 Å². The Balaban J connectivity index is 2.39. The highest BCUT2D eigenvalue weighted by Crippen LogP contribution is 2.26. The zero-order valence-electron chi connectivity index (χ0n) is 11.2. The van der Waals surface area contributed by atoms with Crippen molar-refractivity contribution in [3.63, 3.8) is 0 Å². The van der Waals surface area contributed by atoms with Gasteiger partial charge in [-0.25, -0.2) is 0 Å². The minimum absolute atomic E-state index is 0.114. The van der Waals surface area contributed by atoms with Crippen molar-refractivity contribution in [2.45, 2.75) is 32.1 Å². The van der Waals surface area contributed by atoms with E-state index in [9.17, 15) is 27.7 Å². The fraction of sp³-hybridized carbons (Fsp3) is 0.500. The summed E-state index contributed by atoms with van der Waals surface area (Å²) >= 11 is 0. The summed E-state index contributed by atoms with van der Waals surface area (Å²) in [5, 5.41) is 21.0. The van der Waals surface area contributed by atoms with E-state index in [-0.39, 0.29) is 12.2 Å². The molecule has 2 aromatic heterocycles. The van der Waals surface area contributed by atoms with Crippen molar-refractivity contribution >= 4 is 5.69 Å². The van der Waals surface area contributed by atoms with Crippen LogP contribution in [0.15, 0.2) is 12.5 Å². The molecule has 0 aliphatic carbocycles. The zero-order chi connectivity index (χ0) is 16.5. The van der Waals surface area contributed by atoms with Crippen LogP contribution in [0, 0.1) is 16.1 Å². The Morgan fingerprint density at radius 1 is 1.45 bits per heavy atom. The molecule has 0 bridgehead atoms. The van der Waals surface area contributed by atoms with Gasteiger partial charge in [0.2, 0.25) is 0 Å². The third-order valence-corrected chi connectivity index (χ3v) is 2.87. The van der Waals surface area contributed by atoms with E-state index < -0.39 is 35.3 Å². The lowest BCUT2D eigenvalue weighted by molar-refractivity contribution is -0.387. The van der Waals surface area contributed by atoms with E-state index in [1.807, 2.05) is 0 Å². The quantitative estimate of drug-likeness (QED) is 0.477. The third kappa shape index (κ3) is 3.20. The van der Waals surface area contributed by atoms with Crippen LogP contribution in [0.25, 0.3) is 0 Å². The number of nitro groups is 1. The summed E-state index contributed by atoms with van der Waals surface area (Å²) in [6.45, 7) is 0.278. The van der Waals surface area contributed by atoms with Crippen molar-refractivity contribution in [1.82, 2.24) is 24.5 Å². The molecule has 2 heterocycles. The monoisotopic (exact) mass is 322 g/mol. The molecule has 0 spiro atoms. The fourth-order valence-electron chi connectivity index (χ4n) is 1.97. The van der Waals surface area contributed by atoms with Gasteiger partial charge in [0.1, 0.15) is 25.1 Å². The maximum Gasteiger partial charge on any atom is 0.406 e. The average Bonchev–Trinajstić information content (AvgIpc) is 2.96.